The zero-order valence-corrected chi connectivity index (χ0v) is 15.6. The van der Waals surface area contributed by atoms with Crippen molar-refractivity contribution in [2.24, 2.45) is 0 Å². The van der Waals surface area contributed by atoms with E-state index in [9.17, 15) is 13.6 Å². The van der Waals surface area contributed by atoms with Gasteiger partial charge in [-0.15, -0.1) is 0 Å². The minimum absolute atomic E-state index is 0.209. The molecule has 2 rings (SSSR count). The fourth-order valence-electron chi connectivity index (χ4n) is 2.35. The number of carbonyl (C=O) groups excluding carboxylic acids is 1. The third-order valence-electron chi connectivity index (χ3n) is 4.52. The maximum atomic E-state index is 14.3. The van der Waals surface area contributed by atoms with E-state index in [0.717, 1.165) is 0 Å². The van der Waals surface area contributed by atoms with Gasteiger partial charge in [0.2, 0.25) is 0 Å². The molecule has 1 aromatic rings. The smallest absolute Gasteiger partial charge is 0.463 e. The van der Waals surface area contributed by atoms with Crippen LogP contribution in [-0.2, 0) is 18.8 Å². The van der Waals surface area contributed by atoms with Crippen molar-refractivity contribution in [3.8, 4) is 0 Å². The van der Waals surface area contributed by atoms with E-state index in [4.69, 9.17) is 14.0 Å². The SMILES string of the molecule is CCOC(=O)/C=C/C=C/c1c(F)cc(B2OC(C)(C)C(C)(C)O2)cc1F. The summed E-state index contributed by atoms with van der Waals surface area (Å²) >= 11 is 0. The van der Waals surface area contributed by atoms with E-state index in [2.05, 4.69) is 0 Å². The number of allylic oxidation sites excluding steroid dienone is 2. The van der Waals surface area contributed by atoms with Gasteiger partial charge in [0.1, 0.15) is 11.6 Å². The standard InChI is InChI=1S/C19H23BF2O4/c1-6-24-17(23)10-8-7-9-14-15(21)11-13(12-16(14)22)20-25-18(2,3)19(4,5)26-20/h7-12H,6H2,1-5H3/b9-7+,10-8+. The Balaban J connectivity index is 2.18. The molecule has 0 atom stereocenters. The molecule has 26 heavy (non-hydrogen) atoms. The summed E-state index contributed by atoms with van der Waals surface area (Å²) in [5.74, 6) is -2.00. The second kappa shape index (κ2) is 7.72. The first-order valence-corrected chi connectivity index (χ1v) is 8.43. The molecular formula is C19H23BF2O4. The molecule has 0 unspecified atom stereocenters. The molecule has 1 aromatic carbocycles. The maximum Gasteiger partial charge on any atom is 0.495 e. The van der Waals surface area contributed by atoms with E-state index in [1.54, 1.807) is 6.92 Å². The van der Waals surface area contributed by atoms with E-state index >= 15 is 0 Å². The normalized spacial score (nSPS) is 18.8. The molecule has 1 aliphatic rings. The summed E-state index contributed by atoms with van der Waals surface area (Å²) in [7, 11) is -0.842. The monoisotopic (exact) mass is 364 g/mol. The van der Waals surface area contributed by atoms with Crippen molar-refractivity contribution < 1.29 is 27.6 Å². The lowest BCUT2D eigenvalue weighted by Gasteiger charge is -2.32. The Morgan fingerprint density at radius 3 is 2.15 bits per heavy atom. The minimum Gasteiger partial charge on any atom is -0.463 e. The second-order valence-electron chi connectivity index (χ2n) is 6.96. The summed E-state index contributed by atoms with van der Waals surface area (Å²) < 4.78 is 45.0. The molecule has 0 radical (unpaired) electrons. The minimum atomic E-state index is -0.842. The summed E-state index contributed by atoms with van der Waals surface area (Å²) in [5, 5.41) is 0. The van der Waals surface area contributed by atoms with Crippen LogP contribution in [0.5, 0.6) is 0 Å². The summed E-state index contributed by atoms with van der Waals surface area (Å²) in [6.07, 6.45) is 5.15. The van der Waals surface area contributed by atoms with Crippen molar-refractivity contribution in [3.63, 3.8) is 0 Å². The highest BCUT2D eigenvalue weighted by atomic mass is 19.1. The number of benzene rings is 1. The Morgan fingerprint density at radius 1 is 1.12 bits per heavy atom. The van der Waals surface area contributed by atoms with E-state index in [0.29, 0.717) is 0 Å². The van der Waals surface area contributed by atoms with Crippen molar-refractivity contribution in [1.29, 1.82) is 0 Å². The van der Waals surface area contributed by atoms with Gasteiger partial charge in [-0.3, -0.25) is 0 Å². The first kappa shape index (κ1) is 20.3. The van der Waals surface area contributed by atoms with E-state index in [1.165, 1.54) is 36.4 Å². The average molecular weight is 364 g/mol. The summed E-state index contributed by atoms with van der Waals surface area (Å²) in [5.41, 5.74) is -1.13. The van der Waals surface area contributed by atoms with Crippen LogP contribution in [-0.4, -0.2) is 30.9 Å². The number of rotatable bonds is 5. The van der Waals surface area contributed by atoms with Crippen LogP contribution in [0.4, 0.5) is 8.78 Å². The molecule has 1 aliphatic heterocycles. The third-order valence-corrected chi connectivity index (χ3v) is 4.52. The molecule has 0 amide bonds. The third kappa shape index (κ3) is 4.40. The van der Waals surface area contributed by atoms with Gasteiger partial charge >= 0.3 is 13.1 Å². The quantitative estimate of drug-likeness (QED) is 0.348. The van der Waals surface area contributed by atoms with Gasteiger partial charge in [-0.1, -0.05) is 12.2 Å². The maximum absolute atomic E-state index is 14.3. The fraction of sp³-hybridized carbons (Fsp3) is 0.421. The first-order valence-electron chi connectivity index (χ1n) is 8.43. The highest BCUT2D eigenvalue weighted by molar-refractivity contribution is 6.62. The Kier molecular flexibility index (Phi) is 6.03. The van der Waals surface area contributed by atoms with Crippen molar-refractivity contribution in [2.45, 2.75) is 45.8 Å². The molecule has 0 N–H and O–H groups in total. The molecule has 0 saturated carbocycles. The zero-order valence-electron chi connectivity index (χ0n) is 15.6. The molecule has 0 spiro atoms. The van der Waals surface area contributed by atoms with Crippen LogP contribution in [0.15, 0.2) is 30.4 Å². The predicted molar refractivity (Wildman–Crippen MR) is 96.9 cm³/mol. The highest BCUT2D eigenvalue weighted by Gasteiger charge is 2.51. The van der Waals surface area contributed by atoms with E-state index in [-0.39, 0.29) is 17.6 Å². The number of ether oxygens (including phenoxy) is 1. The lowest BCUT2D eigenvalue weighted by atomic mass is 9.78. The van der Waals surface area contributed by atoms with Crippen LogP contribution in [0.3, 0.4) is 0 Å². The van der Waals surface area contributed by atoms with Gasteiger partial charge in [-0.05, 0) is 58.3 Å². The van der Waals surface area contributed by atoms with Crippen LogP contribution >= 0.6 is 0 Å². The van der Waals surface area contributed by atoms with Crippen molar-refractivity contribution >= 4 is 24.6 Å². The van der Waals surface area contributed by atoms with Gasteiger partial charge in [-0.2, -0.15) is 0 Å². The Hall–Kier alpha value is -1.99. The largest absolute Gasteiger partial charge is 0.495 e. The van der Waals surface area contributed by atoms with Crippen molar-refractivity contribution in [1.82, 2.24) is 0 Å². The molecule has 1 saturated heterocycles. The predicted octanol–water partition coefficient (Wildman–Crippen LogP) is 3.40. The number of esters is 1. The fourth-order valence-corrected chi connectivity index (χ4v) is 2.35. The van der Waals surface area contributed by atoms with Gasteiger partial charge in [-0.25, -0.2) is 13.6 Å². The molecule has 1 fully saturated rings. The molecule has 4 nitrogen and oxygen atoms in total. The lowest BCUT2D eigenvalue weighted by Crippen LogP contribution is -2.41. The Labute approximate surface area is 153 Å². The van der Waals surface area contributed by atoms with Crippen LogP contribution in [0.2, 0.25) is 0 Å². The van der Waals surface area contributed by atoms with E-state index in [1.807, 2.05) is 27.7 Å². The Bertz CT molecular complexity index is 702. The van der Waals surface area contributed by atoms with Crippen LogP contribution in [0.1, 0.15) is 40.2 Å². The molecular weight excluding hydrogens is 341 g/mol. The molecule has 140 valence electrons. The van der Waals surface area contributed by atoms with Gasteiger partial charge in [0.25, 0.3) is 0 Å². The number of halogens is 2. The molecule has 7 heteroatoms. The second-order valence-corrected chi connectivity index (χ2v) is 6.96. The molecule has 0 bridgehead atoms. The van der Waals surface area contributed by atoms with E-state index < -0.39 is 35.9 Å². The first-order chi connectivity index (χ1) is 12.1. The van der Waals surface area contributed by atoms with Crippen LogP contribution < -0.4 is 5.46 Å². The van der Waals surface area contributed by atoms with Crippen LogP contribution in [0, 0.1) is 11.6 Å². The average Bonchev–Trinajstić information content (AvgIpc) is 2.74. The van der Waals surface area contributed by atoms with Crippen LogP contribution in [0.25, 0.3) is 6.08 Å². The summed E-state index contributed by atoms with van der Waals surface area (Å²) in [6.45, 7) is 9.42. The number of hydrogen-bond donors (Lipinski definition) is 0. The topological polar surface area (TPSA) is 44.8 Å². The van der Waals surface area contributed by atoms with Gasteiger partial charge in [0, 0.05) is 11.6 Å². The van der Waals surface area contributed by atoms with Gasteiger partial charge in [0.05, 0.1) is 17.8 Å². The lowest BCUT2D eigenvalue weighted by molar-refractivity contribution is -0.137. The summed E-state index contributed by atoms with van der Waals surface area (Å²) in [6, 6.07) is 2.39. The zero-order chi connectivity index (χ0) is 19.5. The van der Waals surface area contributed by atoms with Gasteiger partial charge in [0.15, 0.2) is 0 Å². The Morgan fingerprint density at radius 2 is 1.65 bits per heavy atom. The van der Waals surface area contributed by atoms with Crippen molar-refractivity contribution in [2.75, 3.05) is 6.61 Å². The molecule has 1 heterocycles. The molecule has 0 aromatic heterocycles. The van der Waals surface area contributed by atoms with Crippen molar-refractivity contribution in [3.05, 3.63) is 47.6 Å². The van der Waals surface area contributed by atoms with Gasteiger partial charge < -0.3 is 14.0 Å². The molecule has 0 aliphatic carbocycles. The number of carbonyl (C=O) groups is 1. The summed E-state index contributed by atoms with van der Waals surface area (Å²) in [4.78, 5) is 11.2. The highest BCUT2D eigenvalue weighted by Crippen LogP contribution is 2.36. The number of hydrogen-bond acceptors (Lipinski definition) is 4.